The van der Waals surface area contributed by atoms with Crippen molar-refractivity contribution in [2.24, 2.45) is 17.3 Å². The number of aryl methyl sites for hydroxylation is 2. The van der Waals surface area contributed by atoms with E-state index >= 15 is 0 Å². The Balaban J connectivity index is 2.39. The number of benzene rings is 1. The van der Waals surface area contributed by atoms with Crippen LogP contribution in [0.4, 0.5) is 0 Å². The molecule has 1 fully saturated rings. The van der Waals surface area contributed by atoms with Crippen molar-refractivity contribution in [3.63, 3.8) is 0 Å². The molecule has 0 aliphatic heterocycles. The maximum absolute atomic E-state index is 11.4. The monoisotopic (exact) mass is 259 g/mol. The molecule has 19 heavy (non-hydrogen) atoms. The summed E-state index contributed by atoms with van der Waals surface area (Å²) in [6.45, 7) is 10.5. The summed E-state index contributed by atoms with van der Waals surface area (Å²) < 4.78 is 0. The van der Waals surface area contributed by atoms with Crippen LogP contribution in [0.1, 0.15) is 49.8 Å². The van der Waals surface area contributed by atoms with E-state index in [1.54, 1.807) is 0 Å². The molecule has 1 aliphatic rings. The number of carbonyl (C=O) groups excluding carboxylic acids is 1. The number of carbonyl (C=O) groups is 1. The molecule has 2 rings (SSSR count). The summed E-state index contributed by atoms with van der Waals surface area (Å²) in [5.41, 5.74) is 3.62. The van der Waals surface area contributed by atoms with Crippen molar-refractivity contribution in [1.29, 1.82) is 0 Å². The third-order valence-electron chi connectivity index (χ3n) is 5.27. The maximum atomic E-state index is 11.4. The Morgan fingerprint density at radius 2 is 1.95 bits per heavy atom. The van der Waals surface area contributed by atoms with E-state index in [4.69, 9.17) is 0 Å². The first kappa shape index (κ1) is 14.1. The molecule has 104 valence electrons. The fourth-order valence-electron chi connectivity index (χ4n) is 3.64. The standard InChI is InChI=1S/C17H24O2/c1-10-6-7-13(11(2)8-10)14-9-15(16(18)19)17(4,5)12(14)3/h6-8,12,14-15H,9H2,1-5H3,(H,18,19)/p-1/t12-,14-,15-/m0/s1. The summed E-state index contributed by atoms with van der Waals surface area (Å²) in [7, 11) is 0. The number of aliphatic carboxylic acids is 1. The number of carboxylic acids is 1. The molecule has 0 radical (unpaired) electrons. The molecule has 0 spiro atoms. The summed E-state index contributed by atoms with van der Waals surface area (Å²) in [5, 5.41) is 11.4. The molecular weight excluding hydrogens is 236 g/mol. The van der Waals surface area contributed by atoms with Gasteiger partial charge in [0, 0.05) is 11.9 Å². The van der Waals surface area contributed by atoms with Crippen molar-refractivity contribution in [3.8, 4) is 0 Å². The molecule has 0 amide bonds. The highest BCUT2D eigenvalue weighted by molar-refractivity contribution is 5.69. The average Bonchev–Trinajstić information content (AvgIpc) is 2.52. The lowest BCUT2D eigenvalue weighted by molar-refractivity contribution is -0.314. The number of carboxylic acid groups (broad SMARTS) is 1. The predicted octanol–water partition coefficient (Wildman–Crippen LogP) is 2.82. The lowest BCUT2D eigenvalue weighted by Gasteiger charge is -2.32. The zero-order valence-corrected chi connectivity index (χ0v) is 12.5. The fraction of sp³-hybridized carbons (Fsp3) is 0.588. The highest BCUT2D eigenvalue weighted by Crippen LogP contribution is 2.54. The van der Waals surface area contributed by atoms with Gasteiger partial charge in [0.15, 0.2) is 0 Å². The van der Waals surface area contributed by atoms with Gasteiger partial charge in [0.05, 0.1) is 0 Å². The molecular formula is C17H23O2-. The third-order valence-corrected chi connectivity index (χ3v) is 5.27. The van der Waals surface area contributed by atoms with Gasteiger partial charge in [-0.25, -0.2) is 0 Å². The summed E-state index contributed by atoms with van der Waals surface area (Å²) in [5.74, 6) is -0.590. The van der Waals surface area contributed by atoms with Crippen molar-refractivity contribution in [3.05, 3.63) is 34.9 Å². The molecule has 1 aromatic rings. The van der Waals surface area contributed by atoms with Crippen molar-refractivity contribution >= 4 is 5.97 Å². The predicted molar refractivity (Wildman–Crippen MR) is 74.7 cm³/mol. The van der Waals surface area contributed by atoms with Crippen LogP contribution in [-0.4, -0.2) is 5.97 Å². The average molecular weight is 259 g/mol. The van der Waals surface area contributed by atoms with Crippen LogP contribution in [0.5, 0.6) is 0 Å². The van der Waals surface area contributed by atoms with Crippen LogP contribution in [0.2, 0.25) is 0 Å². The van der Waals surface area contributed by atoms with Gasteiger partial charge < -0.3 is 9.90 Å². The van der Waals surface area contributed by atoms with Gasteiger partial charge >= 0.3 is 0 Å². The van der Waals surface area contributed by atoms with Gasteiger partial charge in [-0.05, 0) is 48.6 Å². The van der Waals surface area contributed by atoms with Gasteiger partial charge in [-0.1, -0.05) is 44.5 Å². The summed E-state index contributed by atoms with van der Waals surface area (Å²) >= 11 is 0. The first-order valence-electron chi connectivity index (χ1n) is 7.03. The Morgan fingerprint density at radius 3 is 2.42 bits per heavy atom. The minimum atomic E-state index is -0.899. The lowest BCUT2D eigenvalue weighted by Crippen LogP contribution is -2.38. The van der Waals surface area contributed by atoms with Gasteiger partial charge in [-0.15, -0.1) is 0 Å². The van der Waals surface area contributed by atoms with Gasteiger partial charge in [0.1, 0.15) is 0 Å². The Hall–Kier alpha value is -1.31. The second-order valence-electron chi connectivity index (χ2n) is 6.68. The quantitative estimate of drug-likeness (QED) is 0.819. The van der Waals surface area contributed by atoms with Crippen LogP contribution >= 0.6 is 0 Å². The van der Waals surface area contributed by atoms with Crippen LogP contribution < -0.4 is 5.11 Å². The number of hydrogen-bond acceptors (Lipinski definition) is 2. The van der Waals surface area contributed by atoms with Crippen LogP contribution in [0.15, 0.2) is 18.2 Å². The zero-order chi connectivity index (χ0) is 14.4. The molecule has 0 N–H and O–H groups in total. The Kier molecular flexibility index (Phi) is 3.46. The Labute approximate surface area is 115 Å². The smallest absolute Gasteiger partial charge is 0.0450 e. The topological polar surface area (TPSA) is 40.1 Å². The highest BCUT2D eigenvalue weighted by atomic mass is 16.4. The normalized spacial score (nSPS) is 29.4. The minimum Gasteiger partial charge on any atom is -0.550 e. The van der Waals surface area contributed by atoms with Crippen LogP contribution in [0.25, 0.3) is 0 Å². The van der Waals surface area contributed by atoms with Gasteiger partial charge in [0.25, 0.3) is 0 Å². The first-order valence-corrected chi connectivity index (χ1v) is 7.03. The van der Waals surface area contributed by atoms with Crippen molar-refractivity contribution in [2.45, 2.75) is 47.0 Å². The molecule has 0 unspecified atom stereocenters. The fourth-order valence-corrected chi connectivity index (χ4v) is 3.64. The van der Waals surface area contributed by atoms with Gasteiger partial charge in [0.2, 0.25) is 0 Å². The second kappa shape index (κ2) is 4.66. The molecule has 1 aromatic carbocycles. The van der Waals surface area contributed by atoms with E-state index in [9.17, 15) is 9.90 Å². The van der Waals surface area contributed by atoms with E-state index in [1.807, 2.05) is 0 Å². The zero-order valence-electron chi connectivity index (χ0n) is 12.5. The highest BCUT2D eigenvalue weighted by Gasteiger charge is 2.47. The van der Waals surface area contributed by atoms with Crippen molar-refractivity contribution in [2.75, 3.05) is 0 Å². The van der Waals surface area contributed by atoms with E-state index in [0.29, 0.717) is 18.3 Å². The minimum absolute atomic E-state index is 0.208. The van der Waals surface area contributed by atoms with E-state index in [1.165, 1.54) is 16.7 Å². The summed E-state index contributed by atoms with van der Waals surface area (Å²) in [6.07, 6.45) is 0.695. The molecule has 2 nitrogen and oxygen atoms in total. The van der Waals surface area contributed by atoms with E-state index in [2.05, 4.69) is 52.8 Å². The van der Waals surface area contributed by atoms with E-state index in [-0.39, 0.29) is 11.3 Å². The maximum Gasteiger partial charge on any atom is 0.0450 e. The summed E-state index contributed by atoms with van der Waals surface area (Å²) in [4.78, 5) is 11.4. The van der Waals surface area contributed by atoms with E-state index < -0.39 is 5.97 Å². The second-order valence-corrected chi connectivity index (χ2v) is 6.68. The molecule has 0 bridgehead atoms. The van der Waals surface area contributed by atoms with E-state index in [0.717, 1.165) is 0 Å². The molecule has 0 aromatic heterocycles. The molecule has 1 aliphatic carbocycles. The Bertz CT molecular complexity index is 502. The molecule has 0 saturated heterocycles. The number of rotatable bonds is 2. The SMILES string of the molecule is Cc1ccc([C@H]2C[C@@H](C(=O)[O-])C(C)(C)[C@H]2C)c(C)c1. The van der Waals surface area contributed by atoms with Crippen molar-refractivity contribution < 1.29 is 9.90 Å². The summed E-state index contributed by atoms with van der Waals surface area (Å²) in [6, 6.07) is 6.47. The number of hydrogen-bond donors (Lipinski definition) is 0. The largest absolute Gasteiger partial charge is 0.550 e. The first-order chi connectivity index (χ1) is 8.75. The molecule has 3 atom stereocenters. The van der Waals surface area contributed by atoms with Crippen molar-refractivity contribution in [1.82, 2.24) is 0 Å². The molecule has 1 saturated carbocycles. The van der Waals surface area contributed by atoms with Gasteiger partial charge in [-0.3, -0.25) is 0 Å². The third kappa shape index (κ3) is 2.29. The Morgan fingerprint density at radius 1 is 1.32 bits per heavy atom. The van der Waals surface area contributed by atoms with Crippen LogP contribution in [0, 0.1) is 31.1 Å². The molecule has 2 heteroatoms. The molecule has 0 heterocycles. The van der Waals surface area contributed by atoms with Crippen LogP contribution in [-0.2, 0) is 4.79 Å². The van der Waals surface area contributed by atoms with Gasteiger partial charge in [-0.2, -0.15) is 0 Å². The van der Waals surface area contributed by atoms with Crippen LogP contribution in [0.3, 0.4) is 0 Å². The lowest BCUT2D eigenvalue weighted by atomic mass is 9.74.